The van der Waals surface area contributed by atoms with Crippen LogP contribution in [0.5, 0.6) is 0 Å². The molecule has 3 heterocycles. The summed E-state index contributed by atoms with van der Waals surface area (Å²) in [6.07, 6.45) is 9.25. The fourth-order valence-corrected chi connectivity index (χ4v) is 6.15. The lowest BCUT2D eigenvalue weighted by molar-refractivity contribution is 0.602. The van der Waals surface area contributed by atoms with E-state index in [2.05, 4.69) is 10.1 Å². The highest BCUT2D eigenvalue weighted by Crippen LogP contribution is 2.33. The Morgan fingerprint density at radius 2 is 2.00 bits per heavy atom. The topological polar surface area (TPSA) is 52.2 Å². The largest absolute Gasteiger partial charge is 0.342 e. The Morgan fingerprint density at radius 3 is 2.88 bits per heavy atom. The van der Waals surface area contributed by atoms with Crippen LogP contribution in [0.2, 0.25) is 5.02 Å². The molecule has 5 aromatic rings. The van der Waals surface area contributed by atoms with Gasteiger partial charge in [-0.15, -0.1) is 11.3 Å². The average Bonchev–Trinajstić information content (AvgIpc) is 3.40. The third-order valence-corrected chi connectivity index (χ3v) is 7.94. The predicted octanol–water partition coefficient (Wildman–Crippen LogP) is 6.01. The minimum atomic E-state index is -0.342. The summed E-state index contributed by atoms with van der Waals surface area (Å²) in [6, 6.07) is 12.5. The fourth-order valence-electron chi connectivity index (χ4n) is 4.71. The van der Waals surface area contributed by atoms with Gasteiger partial charge in [0.15, 0.2) is 0 Å². The van der Waals surface area contributed by atoms with Gasteiger partial charge < -0.3 is 4.57 Å². The molecule has 0 bridgehead atoms. The number of benzene rings is 2. The Balaban J connectivity index is 1.41. The monoisotopic (exact) mass is 490 g/mol. The number of fused-ring (bicyclic) bond motifs is 4. The lowest BCUT2D eigenvalue weighted by Gasteiger charge is -2.09. The molecular weight excluding hydrogens is 471 g/mol. The van der Waals surface area contributed by atoms with E-state index in [1.165, 1.54) is 21.9 Å². The Morgan fingerprint density at radius 1 is 1.15 bits per heavy atom. The van der Waals surface area contributed by atoms with Crippen LogP contribution in [0.15, 0.2) is 64.9 Å². The zero-order valence-corrected chi connectivity index (χ0v) is 19.7. The molecule has 0 atom stereocenters. The summed E-state index contributed by atoms with van der Waals surface area (Å²) in [5.74, 6) is -0.342. The first-order valence-corrected chi connectivity index (χ1v) is 12.4. The molecule has 2 aromatic carbocycles. The fraction of sp³-hybridized carbons (Fsp3) is 0.192. The van der Waals surface area contributed by atoms with Gasteiger partial charge in [-0.3, -0.25) is 4.79 Å². The van der Waals surface area contributed by atoms with Crippen LogP contribution in [0.25, 0.3) is 21.1 Å². The molecular formula is C26H20ClFN4OS. The van der Waals surface area contributed by atoms with Gasteiger partial charge >= 0.3 is 0 Å². The number of rotatable bonds is 4. The Labute approximate surface area is 203 Å². The number of nitrogens with zero attached hydrogens (tertiary/aromatic N) is 4. The van der Waals surface area contributed by atoms with Crippen LogP contribution >= 0.6 is 22.9 Å². The van der Waals surface area contributed by atoms with Crippen molar-refractivity contribution in [3.8, 4) is 0 Å². The minimum absolute atomic E-state index is 0.137. The molecule has 0 spiro atoms. The first-order valence-electron chi connectivity index (χ1n) is 11.2. The van der Waals surface area contributed by atoms with E-state index in [0.717, 1.165) is 52.5 Å². The summed E-state index contributed by atoms with van der Waals surface area (Å²) in [5, 5.41) is 6.51. The molecule has 6 rings (SSSR count). The SMILES string of the molecule is O=c1c2c3c(sc2ncn1N=Cc1cn(Cc2c(F)cccc2Cl)c2ccccc12)CCCC3. The molecule has 1 aliphatic carbocycles. The highest BCUT2D eigenvalue weighted by molar-refractivity contribution is 7.18. The minimum Gasteiger partial charge on any atom is -0.342 e. The first kappa shape index (κ1) is 21.3. The van der Waals surface area contributed by atoms with Gasteiger partial charge in [0.2, 0.25) is 0 Å². The average molecular weight is 491 g/mol. The zero-order valence-electron chi connectivity index (χ0n) is 18.2. The smallest absolute Gasteiger partial charge is 0.282 e. The van der Waals surface area contributed by atoms with E-state index in [0.29, 0.717) is 16.0 Å². The number of thiophene rings is 1. The highest BCUT2D eigenvalue weighted by atomic mass is 35.5. The standard InChI is InChI=1S/C26H20ClFN4OS/c27-20-8-5-9-21(28)19(20)14-31-13-16(17-6-1-3-10-22(17)31)12-30-32-15-29-25-24(26(32)33)18-7-2-4-11-23(18)34-25/h1,3,5-6,8-10,12-13,15H,2,4,7,11,14H2. The molecule has 34 heavy (non-hydrogen) atoms. The van der Waals surface area contributed by atoms with Crippen LogP contribution in [0.1, 0.15) is 34.4 Å². The summed E-state index contributed by atoms with van der Waals surface area (Å²) >= 11 is 7.89. The van der Waals surface area contributed by atoms with Crippen LogP contribution in [0.3, 0.4) is 0 Å². The van der Waals surface area contributed by atoms with Gasteiger partial charge in [0.25, 0.3) is 5.56 Å². The summed E-state index contributed by atoms with van der Waals surface area (Å²) in [6.45, 7) is 0.286. The van der Waals surface area contributed by atoms with Crippen molar-refractivity contribution in [3.05, 3.63) is 97.7 Å². The maximum absolute atomic E-state index is 14.4. The number of hydrogen-bond donors (Lipinski definition) is 0. The predicted molar refractivity (Wildman–Crippen MR) is 136 cm³/mol. The van der Waals surface area contributed by atoms with E-state index < -0.39 is 0 Å². The second kappa shape index (κ2) is 8.49. The number of halogens is 2. The molecule has 0 saturated heterocycles. The van der Waals surface area contributed by atoms with Crippen molar-refractivity contribution in [2.24, 2.45) is 5.10 Å². The Kier molecular flexibility index (Phi) is 5.31. The molecule has 0 aliphatic heterocycles. The van der Waals surface area contributed by atoms with Crippen molar-refractivity contribution in [2.75, 3.05) is 0 Å². The van der Waals surface area contributed by atoms with E-state index in [1.807, 2.05) is 35.0 Å². The number of aryl methyl sites for hydroxylation is 2. The van der Waals surface area contributed by atoms with Gasteiger partial charge in [0.1, 0.15) is 17.0 Å². The maximum Gasteiger partial charge on any atom is 0.282 e. The second-order valence-electron chi connectivity index (χ2n) is 8.46. The van der Waals surface area contributed by atoms with Gasteiger partial charge in [-0.1, -0.05) is 35.9 Å². The van der Waals surface area contributed by atoms with Crippen molar-refractivity contribution < 1.29 is 4.39 Å². The van der Waals surface area contributed by atoms with Gasteiger partial charge in [-0.25, -0.2) is 9.37 Å². The molecule has 5 nitrogen and oxygen atoms in total. The number of para-hydroxylation sites is 1. The van der Waals surface area contributed by atoms with Crippen LogP contribution < -0.4 is 5.56 Å². The molecule has 0 saturated carbocycles. The van der Waals surface area contributed by atoms with Crippen LogP contribution in [0.4, 0.5) is 4.39 Å². The van der Waals surface area contributed by atoms with E-state index in [4.69, 9.17) is 11.6 Å². The lowest BCUT2D eigenvalue weighted by Crippen LogP contribution is -2.18. The third kappa shape index (κ3) is 3.56. The van der Waals surface area contributed by atoms with E-state index in [9.17, 15) is 9.18 Å². The molecule has 0 radical (unpaired) electrons. The van der Waals surface area contributed by atoms with Gasteiger partial charge in [-0.2, -0.15) is 9.78 Å². The van der Waals surface area contributed by atoms with Gasteiger partial charge in [0, 0.05) is 38.1 Å². The molecule has 8 heteroatoms. The lowest BCUT2D eigenvalue weighted by atomic mass is 9.97. The van der Waals surface area contributed by atoms with E-state index >= 15 is 0 Å². The zero-order chi connectivity index (χ0) is 23.2. The number of aromatic nitrogens is 3. The summed E-state index contributed by atoms with van der Waals surface area (Å²) in [4.78, 5) is 19.8. The van der Waals surface area contributed by atoms with E-state index in [-0.39, 0.29) is 17.9 Å². The quantitative estimate of drug-likeness (QED) is 0.289. The van der Waals surface area contributed by atoms with Crippen molar-refractivity contribution in [1.29, 1.82) is 0 Å². The first-order chi connectivity index (χ1) is 16.6. The third-order valence-electron chi connectivity index (χ3n) is 6.39. The molecule has 0 fully saturated rings. The highest BCUT2D eigenvalue weighted by Gasteiger charge is 2.20. The summed E-state index contributed by atoms with van der Waals surface area (Å²) < 4.78 is 17.7. The molecule has 0 N–H and O–H groups in total. The second-order valence-corrected chi connectivity index (χ2v) is 9.95. The van der Waals surface area contributed by atoms with Gasteiger partial charge in [0.05, 0.1) is 18.1 Å². The van der Waals surface area contributed by atoms with Crippen molar-refractivity contribution in [2.45, 2.75) is 32.2 Å². The van der Waals surface area contributed by atoms with E-state index in [1.54, 1.807) is 29.7 Å². The van der Waals surface area contributed by atoms with Crippen molar-refractivity contribution >= 4 is 50.3 Å². The molecule has 0 amide bonds. The molecule has 170 valence electrons. The van der Waals surface area contributed by atoms with Gasteiger partial charge in [-0.05, 0) is 49.4 Å². The van der Waals surface area contributed by atoms with Crippen LogP contribution in [0, 0.1) is 5.82 Å². The summed E-state index contributed by atoms with van der Waals surface area (Å²) in [7, 11) is 0. The van der Waals surface area contributed by atoms with Crippen LogP contribution in [-0.2, 0) is 19.4 Å². The maximum atomic E-state index is 14.4. The Hall–Kier alpha value is -3.29. The summed E-state index contributed by atoms with van der Waals surface area (Å²) in [5.41, 5.74) is 3.19. The molecule has 0 unspecified atom stereocenters. The molecule has 3 aromatic heterocycles. The number of hydrogen-bond acceptors (Lipinski definition) is 4. The van der Waals surface area contributed by atoms with Crippen LogP contribution in [-0.4, -0.2) is 20.4 Å². The van der Waals surface area contributed by atoms with Crippen molar-refractivity contribution in [3.63, 3.8) is 0 Å². The van der Waals surface area contributed by atoms with Crippen molar-refractivity contribution in [1.82, 2.24) is 14.2 Å². The Bertz CT molecular complexity index is 1630. The normalized spacial score (nSPS) is 13.8. The molecule has 1 aliphatic rings.